The number of hydrogen-bond acceptors (Lipinski definition) is 12. The molecule has 0 bridgehead atoms. The molecule has 362 valence electrons. The molecule has 2 saturated heterocycles. The molecule has 67 heavy (non-hydrogen) atoms. The fourth-order valence-corrected chi connectivity index (χ4v) is 14.3. The van der Waals surface area contributed by atoms with Crippen LogP contribution in [0.1, 0.15) is 88.4 Å². The molecule has 4 aromatic rings. The Kier molecular flexibility index (Phi) is 17.9. The molecule has 0 aromatic heterocycles. The molecule has 2 heterocycles. The van der Waals surface area contributed by atoms with Gasteiger partial charge in [0, 0.05) is 50.9 Å². The molecular weight excluding hydrogens is 869 g/mol. The number of esters is 2. The second-order valence-electron chi connectivity index (χ2n) is 19.3. The number of methoxy groups -OCH3 is 2. The van der Waals surface area contributed by atoms with E-state index in [1.807, 2.05) is 57.2 Å². The van der Waals surface area contributed by atoms with E-state index in [1.165, 1.54) is 0 Å². The lowest BCUT2D eigenvalue weighted by molar-refractivity contribution is -0.336. The lowest BCUT2D eigenvalue weighted by atomic mass is 9.72. The summed E-state index contributed by atoms with van der Waals surface area (Å²) in [5.74, 6) is -3.39. The Morgan fingerprint density at radius 1 is 0.791 bits per heavy atom. The molecule has 13 heteroatoms. The lowest BCUT2D eigenvalue weighted by Crippen LogP contribution is -2.66. The Bertz CT molecular complexity index is 2110. The molecule has 2 fully saturated rings. The fourth-order valence-electron chi connectivity index (χ4n) is 9.71. The topological polar surface area (TPSA) is 134 Å². The third kappa shape index (κ3) is 11.7. The monoisotopic (exact) mass is 938 g/mol. The number of rotatable bonds is 22. The molecule has 2 aliphatic heterocycles. The van der Waals surface area contributed by atoms with Crippen LogP contribution < -0.4 is 10.4 Å². The van der Waals surface area contributed by atoms with Crippen molar-refractivity contribution in [2.75, 3.05) is 40.8 Å². The summed E-state index contributed by atoms with van der Waals surface area (Å²) < 4.78 is 58.5. The lowest BCUT2D eigenvalue weighted by Gasteiger charge is -2.51. The summed E-state index contributed by atoms with van der Waals surface area (Å²) >= 11 is 0. The Labute approximate surface area is 398 Å². The third-order valence-corrected chi connectivity index (χ3v) is 18.7. The average molecular weight is 939 g/mol. The highest BCUT2D eigenvalue weighted by Gasteiger charge is 2.67. The van der Waals surface area contributed by atoms with Gasteiger partial charge in [-0.05, 0) is 46.1 Å². The van der Waals surface area contributed by atoms with Crippen molar-refractivity contribution in [1.29, 1.82) is 0 Å². The largest absolute Gasteiger partial charge is 0.458 e. The number of ether oxygens (including phenoxy) is 8. The molecule has 0 unspecified atom stereocenters. The minimum atomic E-state index is -2.93. The maximum Gasteiger partial charge on any atom is 0.338 e. The molecule has 0 aliphatic carbocycles. The maximum atomic E-state index is 14.0. The molecule has 12 nitrogen and oxygen atoms in total. The summed E-state index contributed by atoms with van der Waals surface area (Å²) in [5, 5.41) is 2.07. The first kappa shape index (κ1) is 51.8. The molecule has 1 spiro atoms. The quantitative estimate of drug-likeness (QED) is 0.0247. The smallest absolute Gasteiger partial charge is 0.338 e. The molecule has 4 aromatic carbocycles. The normalized spacial score (nSPS) is 24.1. The van der Waals surface area contributed by atoms with Crippen LogP contribution in [0.15, 0.2) is 121 Å². The highest BCUT2D eigenvalue weighted by atomic mass is 28.4. The second kappa shape index (κ2) is 23.2. The van der Waals surface area contributed by atoms with Crippen LogP contribution in [0.5, 0.6) is 0 Å². The van der Waals surface area contributed by atoms with Crippen molar-refractivity contribution in [1.82, 2.24) is 0 Å². The van der Waals surface area contributed by atoms with Crippen LogP contribution in [0.3, 0.4) is 0 Å². The summed E-state index contributed by atoms with van der Waals surface area (Å²) in [6, 6.07) is 38.6. The van der Waals surface area contributed by atoms with Gasteiger partial charge < -0.3 is 47.1 Å². The van der Waals surface area contributed by atoms with Gasteiger partial charge in [-0.2, -0.15) is 0 Å². The summed E-state index contributed by atoms with van der Waals surface area (Å²) in [6.07, 6.45) is -2.93. The van der Waals surface area contributed by atoms with Gasteiger partial charge >= 0.3 is 11.9 Å². The SMILES string of the molecule is COCCOCO[C@H]1[C@@H]([C@H](C[C@H](OC(=O)c2ccccc2)[C@H](C)C=O)OC)O[C@]2(C[C@@H](OC(=O)c3ccccc3)[C@H](C)[C@H](CCO[Si](c3ccccc3)(c3ccccc3)C(C)(C)C)O2)C1(C)C. The zero-order chi connectivity index (χ0) is 48.2. The average Bonchev–Trinajstić information content (AvgIpc) is 3.54. The van der Waals surface area contributed by atoms with Crippen LogP contribution in [-0.2, 0) is 47.1 Å². The molecule has 2 aliphatic rings. The number of carbonyl (C=O) groups excluding carboxylic acids is 3. The van der Waals surface area contributed by atoms with Crippen LogP contribution in [0.25, 0.3) is 0 Å². The minimum absolute atomic E-state index is 0.0920. The van der Waals surface area contributed by atoms with Crippen LogP contribution in [0, 0.1) is 17.3 Å². The third-order valence-electron chi connectivity index (χ3n) is 13.7. The van der Waals surface area contributed by atoms with Gasteiger partial charge in [-0.25, -0.2) is 9.59 Å². The van der Waals surface area contributed by atoms with E-state index in [9.17, 15) is 14.4 Å². The van der Waals surface area contributed by atoms with Crippen molar-refractivity contribution in [3.05, 3.63) is 132 Å². The summed E-state index contributed by atoms with van der Waals surface area (Å²) in [7, 11) is 0.221. The van der Waals surface area contributed by atoms with E-state index in [0.717, 1.165) is 16.7 Å². The summed E-state index contributed by atoms with van der Waals surface area (Å²) in [6.45, 7) is 15.4. The van der Waals surface area contributed by atoms with Crippen LogP contribution in [-0.4, -0.2) is 110 Å². The fraction of sp³-hybridized carbons (Fsp3) is 0.500. The van der Waals surface area contributed by atoms with Crippen molar-refractivity contribution in [2.24, 2.45) is 17.3 Å². The standard InChI is InChI=1S/C54H70O12Si/c1-38(36-55)45(63-50(56)40-22-14-10-15-23-40)34-46(59-9)48-49(61-37-60-33-32-58-8)53(6,7)54(66-48)35-47(64-51(57)41-24-16-11-17-25-41)39(2)44(65-54)30-31-62-67(52(3,4)5,42-26-18-12-19-27-42)43-28-20-13-21-29-43/h10-29,36,38-39,44-49H,30-35,37H2,1-9H3/t38-,39-,44+,45+,46+,47-,48-,49+,54-/m1/s1. The van der Waals surface area contributed by atoms with Crippen molar-refractivity contribution in [2.45, 2.75) is 115 Å². The predicted molar refractivity (Wildman–Crippen MR) is 258 cm³/mol. The van der Waals surface area contributed by atoms with Gasteiger partial charge in [0.05, 0.1) is 42.7 Å². The van der Waals surface area contributed by atoms with Crippen molar-refractivity contribution in [3.63, 3.8) is 0 Å². The van der Waals surface area contributed by atoms with Gasteiger partial charge in [0.2, 0.25) is 0 Å². The van der Waals surface area contributed by atoms with Gasteiger partial charge in [-0.1, -0.05) is 146 Å². The van der Waals surface area contributed by atoms with Gasteiger partial charge in [0.25, 0.3) is 8.32 Å². The van der Waals surface area contributed by atoms with E-state index in [2.05, 4.69) is 69.3 Å². The molecule has 0 amide bonds. The van der Waals surface area contributed by atoms with Crippen LogP contribution in [0.4, 0.5) is 0 Å². The molecule has 6 rings (SSSR count). The zero-order valence-electron chi connectivity index (χ0n) is 40.6. The second-order valence-corrected chi connectivity index (χ2v) is 23.6. The van der Waals surface area contributed by atoms with E-state index in [1.54, 1.807) is 57.5 Å². The predicted octanol–water partition coefficient (Wildman–Crippen LogP) is 8.20. The van der Waals surface area contributed by atoms with Crippen molar-refractivity contribution < 1.29 is 56.7 Å². The molecule has 0 radical (unpaired) electrons. The van der Waals surface area contributed by atoms with E-state index in [0.29, 0.717) is 37.4 Å². The highest BCUT2D eigenvalue weighted by molar-refractivity contribution is 6.99. The highest BCUT2D eigenvalue weighted by Crippen LogP contribution is 2.56. The number of hydrogen-bond donors (Lipinski definition) is 0. The first-order valence-corrected chi connectivity index (χ1v) is 25.3. The Morgan fingerprint density at radius 3 is 1.87 bits per heavy atom. The summed E-state index contributed by atoms with van der Waals surface area (Å²) in [4.78, 5) is 39.7. The zero-order valence-corrected chi connectivity index (χ0v) is 41.6. The maximum absolute atomic E-state index is 14.0. The van der Waals surface area contributed by atoms with Crippen molar-refractivity contribution in [3.8, 4) is 0 Å². The van der Waals surface area contributed by atoms with E-state index < -0.39 is 74.0 Å². The van der Waals surface area contributed by atoms with Crippen LogP contribution in [0.2, 0.25) is 5.04 Å². The molecule has 0 N–H and O–H groups in total. The minimum Gasteiger partial charge on any atom is -0.458 e. The first-order valence-electron chi connectivity index (χ1n) is 23.4. The van der Waals surface area contributed by atoms with Crippen molar-refractivity contribution >= 4 is 36.9 Å². The number of aldehydes is 1. The first-order chi connectivity index (χ1) is 32.1. The number of carbonyl (C=O) groups is 3. The summed E-state index contributed by atoms with van der Waals surface area (Å²) in [5.41, 5.74) is -0.155. The van der Waals surface area contributed by atoms with Gasteiger partial charge in [-0.3, -0.25) is 0 Å². The Morgan fingerprint density at radius 2 is 1.34 bits per heavy atom. The van der Waals surface area contributed by atoms with Crippen LogP contribution >= 0.6 is 0 Å². The molecule has 9 atom stereocenters. The number of benzene rings is 4. The van der Waals surface area contributed by atoms with E-state index in [4.69, 9.17) is 42.3 Å². The van der Waals surface area contributed by atoms with Gasteiger partial charge in [0.15, 0.2) is 5.79 Å². The molecule has 0 saturated carbocycles. The molecular formula is C54H70O12Si. The van der Waals surface area contributed by atoms with Gasteiger partial charge in [0.1, 0.15) is 31.4 Å². The van der Waals surface area contributed by atoms with E-state index >= 15 is 0 Å². The Balaban J connectivity index is 1.37. The van der Waals surface area contributed by atoms with E-state index in [-0.39, 0.29) is 30.6 Å². The Hall–Kier alpha value is -4.57. The van der Waals surface area contributed by atoms with Gasteiger partial charge in [-0.15, -0.1) is 0 Å².